The maximum absolute atomic E-state index is 12.9. The van der Waals surface area contributed by atoms with Gasteiger partial charge in [-0.1, -0.05) is 50.2 Å². The molecule has 214 valence electrons. The molecule has 1 atom stereocenters. The minimum atomic E-state index is -4.26. The second kappa shape index (κ2) is 13.5. The van der Waals surface area contributed by atoms with Crippen molar-refractivity contribution in [3.05, 3.63) is 88.5 Å². The lowest BCUT2D eigenvalue weighted by atomic mass is 9.93. The molecule has 2 N–H and O–H groups in total. The van der Waals surface area contributed by atoms with Crippen LogP contribution in [0.1, 0.15) is 84.2 Å². The Balaban J connectivity index is 1.82. The summed E-state index contributed by atoms with van der Waals surface area (Å²) >= 11 is 0. The molecule has 0 radical (unpaired) electrons. The Morgan fingerprint density at radius 3 is 2.02 bits per heavy atom. The van der Waals surface area contributed by atoms with Crippen molar-refractivity contribution in [3.63, 3.8) is 0 Å². The van der Waals surface area contributed by atoms with Crippen molar-refractivity contribution < 1.29 is 32.6 Å². The van der Waals surface area contributed by atoms with Gasteiger partial charge in [-0.05, 0) is 90.3 Å². The fourth-order valence-corrected chi connectivity index (χ4v) is 4.66. The zero-order chi connectivity index (χ0) is 29.4. The summed E-state index contributed by atoms with van der Waals surface area (Å²) < 4.78 is 44.9. The minimum Gasteiger partial charge on any atom is -0.486 e. The highest BCUT2D eigenvalue weighted by Crippen LogP contribution is 2.35. The van der Waals surface area contributed by atoms with Crippen molar-refractivity contribution in [2.75, 3.05) is 6.54 Å². The predicted octanol–water partition coefficient (Wildman–Crippen LogP) is 8.15. The fourth-order valence-electron chi connectivity index (χ4n) is 4.66. The van der Waals surface area contributed by atoms with Crippen molar-refractivity contribution in [1.82, 2.24) is 5.32 Å². The Kier molecular flexibility index (Phi) is 10.4. The summed E-state index contributed by atoms with van der Waals surface area (Å²) in [6, 6.07) is 18.7. The highest BCUT2D eigenvalue weighted by molar-refractivity contribution is 5.94. The molecule has 3 aromatic carbocycles. The molecule has 1 unspecified atom stereocenters. The third-order valence-electron chi connectivity index (χ3n) is 6.75. The van der Waals surface area contributed by atoms with Gasteiger partial charge in [0, 0.05) is 18.5 Å². The molecule has 0 fully saturated rings. The maximum atomic E-state index is 12.9. The van der Waals surface area contributed by atoms with E-state index < -0.39 is 30.6 Å². The Morgan fingerprint density at radius 2 is 1.50 bits per heavy atom. The number of aryl methyl sites for hydroxylation is 2. The molecule has 0 aliphatic heterocycles. The zero-order valence-corrected chi connectivity index (χ0v) is 23.3. The summed E-state index contributed by atoms with van der Waals surface area (Å²) in [6.07, 6.45) is -5.99. The SMILES string of the molecule is Cc1cc(OC(CCCC(F)(F)F)c2ccc(C(=O)NCCC(=O)O)cc2)cc(C)c1-c1ccc(C(C)C)cc1. The van der Waals surface area contributed by atoms with Crippen LogP contribution in [-0.2, 0) is 4.79 Å². The van der Waals surface area contributed by atoms with Crippen molar-refractivity contribution in [3.8, 4) is 16.9 Å². The molecule has 8 heteroatoms. The van der Waals surface area contributed by atoms with Gasteiger partial charge in [-0.25, -0.2) is 0 Å². The third kappa shape index (κ3) is 8.86. The predicted molar refractivity (Wildman–Crippen MR) is 150 cm³/mol. The largest absolute Gasteiger partial charge is 0.486 e. The van der Waals surface area contributed by atoms with E-state index in [1.54, 1.807) is 24.3 Å². The van der Waals surface area contributed by atoms with Crippen molar-refractivity contribution in [2.24, 2.45) is 0 Å². The number of carboxylic acid groups (broad SMARTS) is 1. The Morgan fingerprint density at radius 1 is 0.925 bits per heavy atom. The number of alkyl halides is 3. The van der Waals surface area contributed by atoms with Crippen LogP contribution in [0.5, 0.6) is 5.75 Å². The molecule has 40 heavy (non-hydrogen) atoms. The molecule has 0 bridgehead atoms. The van der Waals surface area contributed by atoms with Crippen LogP contribution in [0.25, 0.3) is 11.1 Å². The fraction of sp³-hybridized carbons (Fsp3) is 0.375. The third-order valence-corrected chi connectivity index (χ3v) is 6.75. The van der Waals surface area contributed by atoms with Crippen LogP contribution < -0.4 is 10.1 Å². The second-order valence-electron chi connectivity index (χ2n) is 10.3. The van der Waals surface area contributed by atoms with Crippen molar-refractivity contribution >= 4 is 11.9 Å². The lowest BCUT2D eigenvalue weighted by Crippen LogP contribution is -2.26. The van der Waals surface area contributed by atoms with Gasteiger partial charge in [0.15, 0.2) is 0 Å². The molecular formula is C32H36F3NO4. The van der Waals surface area contributed by atoms with E-state index in [4.69, 9.17) is 9.84 Å². The first-order valence-corrected chi connectivity index (χ1v) is 13.4. The van der Waals surface area contributed by atoms with Gasteiger partial charge in [-0.3, -0.25) is 9.59 Å². The van der Waals surface area contributed by atoms with Gasteiger partial charge >= 0.3 is 12.1 Å². The molecule has 0 aromatic heterocycles. The standard InChI is InChI=1S/C32H36F3NO4/c1-20(2)23-7-11-25(12-8-23)30-21(3)18-27(19-22(30)4)40-28(6-5-16-32(33,34)35)24-9-13-26(14-10-24)31(39)36-17-15-29(37)38/h7-14,18-20,28H,5-6,15-17H2,1-4H3,(H,36,39)(H,37,38). The number of carboxylic acids is 1. The highest BCUT2D eigenvalue weighted by atomic mass is 19.4. The topological polar surface area (TPSA) is 75.6 Å². The van der Waals surface area contributed by atoms with Crippen LogP contribution in [0, 0.1) is 13.8 Å². The zero-order valence-electron chi connectivity index (χ0n) is 23.3. The van der Waals surface area contributed by atoms with Crippen LogP contribution in [0.4, 0.5) is 13.2 Å². The number of rotatable bonds is 12. The first-order valence-electron chi connectivity index (χ1n) is 13.4. The number of ether oxygens (including phenoxy) is 1. The number of aliphatic carboxylic acids is 1. The van der Waals surface area contributed by atoms with Crippen LogP contribution in [0.2, 0.25) is 0 Å². The molecule has 0 aliphatic rings. The first kappa shape index (κ1) is 30.7. The summed E-state index contributed by atoms with van der Waals surface area (Å²) in [5.74, 6) is -0.450. The normalized spacial score (nSPS) is 12.3. The number of carbonyl (C=O) groups excluding carboxylic acids is 1. The van der Waals surface area contributed by atoms with Gasteiger partial charge in [0.05, 0.1) is 6.42 Å². The molecule has 1 amide bonds. The summed E-state index contributed by atoms with van der Waals surface area (Å²) in [5, 5.41) is 11.3. The summed E-state index contributed by atoms with van der Waals surface area (Å²) in [7, 11) is 0. The van der Waals surface area contributed by atoms with E-state index in [0.29, 0.717) is 22.8 Å². The number of hydrogen-bond acceptors (Lipinski definition) is 3. The minimum absolute atomic E-state index is 0.00430. The van der Waals surface area contributed by atoms with Gasteiger partial charge in [0.1, 0.15) is 11.9 Å². The smallest absolute Gasteiger partial charge is 0.389 e. The summed E-state index contributed by atoms with van der Waals surface area (Å²) in [6.45, 7) is 8.26. The number of benzene rings is 3. The van der Waals surface area contributed by atoms with E-state index in [-0.39, 0.29) is 25.8 Å². The maximum Gasteiger partial charge on any atom is 0.389 e. The Labute approximate surface area is 233 Å². The van der Waals surface area contributed by atoms with Gasteiger partial charge in [0.2, 0.25) is 0 Å². The lowest BCUT2D eigenvalue weighted by Gasteiger charge is -2.22. The van der Waals surface area contributed by atoms with E-state index in [9.17, 15) is 22.8 Å². The van der Waals surface area contributed by atoms with Crippen molar-refractivity contribution in [2.45, 2.75) is 71.6 Å². The Bertz CT molecular complexity index is 1280. The molecule has 0 heterocycles. The van der Waals surface area contributed by atoms with Crippen LogP contribution in [0.15, 0.2) is 60.7 Å². The molecule has 0 saturated carbocycles. The van der Waals surface area contributed by atoms with Crippen LogP contribution >= 0.6 is 0 Å². The average Bonchev–Trinajstić information content (AvgIpc) is 2.87. The summed E-state index contributed by atoms with van der Waals surface area (Å²) in [5.41, 5.74) is 6.39. The molecule has 0 aliphatic carbocycles. The number of carbonyl (C=O) groups is 2. The molecule has 0 spiro atoms. The van der Waals surface area contributed by atoms with Crippen LogP contribution in [-0.4, -0.2) is 29.7 Å². The van der Waals surface area contributed by atoms with Gasteiger partial charge in [-0.15, -0.1) is 0 Å². The Hall–Kier alpha value is -3.81. The van der Waals surface area contributed by atoms with E-state index in [1.807, 2.05) is 26.0 Å². The number of nitrogens with one attached hydrogen (secondary N) is 1. The number of hydrogen-bond donors (Lipinski definition) is 2. The highest BCUT2D eigenvalue weighted by Gasteiger charge is 2.27. The van der Waals surface area contributed by atoms with E-state index in [0.717, 1.165) is 22.3 Å². The quantitative estimate of drug-likeness (QED) is 0.236. The average molecular weight is 556 g/mol. The number of amides is 1. The van der Waals surface area contributed by atoms with E-state index in [1.165, 1.54) is 5.56 Å². The van der Waals surface area contributed by atoms with E-state index in [2.05, 4.69) is 43.4 Å². The first-order chi connectivity index (χ1) is 18.8. The van der Waals surface area contributed by atoms with Crippen molar-refractivity contribution in [1.29, 1.82) is 0 Å². The van der Waals surface area contributed by atoms with Gasteiger partial charge in [0.25, 0.3) is 5.91 Å². The van der Waals surface area contributed by atoms with E-state index >= 15 is 0 Å². The van der Waals surface area contributed by atoms with Gasteiger partial charge < -0.3 is 15.2 Å². The van der Waals surface area contributed by atoms with Crippen LogP contribution in [0.3, 0.4) is 0 Å². The molecular weight excluding hydrogens is 519 g/mol. The molecule has 0 saturated heterocycles. The molecule has 5 nitrogen and oxygen atoms in total. The second-order valence-corrected chi connectivity index (χ2v) is 10.3. The molecule has 3 rings (SSSR count). The molecule has 3 aromatic rings. The lowest BCUT2D eigenvalue weighted by molar-refractivity contribution is -0.137. The summed E-state index contributed by atoms with van der Waals surface area (Å²) in [4.78, 5) is 23.0. The monoisotopic (exact) mass is 555 g/mol. The van der Waals surface area contributed by atoms with Gasteiger partial charge in [-0.2, -0.15) is 13.2 Å². The number of halogens is 3.